The zero-order valence-electron chi connectivity index (χ0n) is 20.1. The van der Waals surface area contributed by atoms with Crippen molar-refractivity contribution in [1.82, 2.24) is 14.6 Å². The molecular weight excluding hydrogens is 500 g/mol. The third-order valence-electron chi connectivity index (χ3n) is 5.15. The minimum atomic E-state index is -4.29. The summed E-state index contributed by atoms with van der Waals surface area (Å²) in [6, 6.07) is 6.87. The lowest BCUT2D eigenvalue weighted by Crippen LogP contribution is -2.37. The predicted molar refractivity (Wildman–Crippen MR) is 125 cm³/mol. The maximum absolute atomic E-state index is 14.9. The van der Waals surface area contributed by atoms with E-state index in [1.54, 1.807) is 32.0 Å². The number of carbonyl (C=O) groups excluding carboxylic acids is 1. The van der Waals surface area contributed by atoms with Crippen LogP contribution in [0.3, 0.4) is 0 Å². The second kappa shape index (κ2) is 11.5. The monoisotopic (exact) mass is 529 g/mol. The number of carbonyl (C=O) groups is 1. The molecule has 2 heterocycles. The molecule has 36 heavy (non-hydrogen) atoms. The summed E-state index contributed by atoms with van der Waals surface area (Å²) in [5, 5.41) is 12.8. The molecule has 1 fully saturated rings. The molecule has 1 aromatic heterocycles. The second-order valence-corrected chi connectivity index (χ2v) is 10.2. The van der Waals surface area contributed by atoms with Crippen molar-refractivity contribution < 1.29 is 37.4 Å². The van der Waals surface area contributed by atoms with E-state index >= 15 is 0 Å². The summed E-state index contributed by atoms with van der Waals surface area (Å²) in [6.07, 6.45) is -6.07. The number of esters is 1. The molecule has 1 aliphatic rings. The van der Waals surface area contributed by atoms with E-state index in [1.807, 2.05) is 4.98 Å². The fraction of sp³-hybridized carbons (Fsp3) is 0.500. The number of nitrogens with zero attached hydrogens (tertiary/aromatic N) is 1. The Hall–Kier alpha value is -2.83. The van der Waals surface area contributed by atoms with Crippen LogP contribution >= 0.6 is 7.75 Å². The van der Waals surface area contributed by atoms with E-state index in [9.17, 15) is 28.4 Å². The van der Waals surface area contributed by atoms with Gasteiger partial charge in [-0.15, -0.1) is 0 Å². The highest BCUT2D eigenvalue weighted by Gasteiger charge is 2.47. The number of nitrogens with one attached hydrogen (secondary N) is 2. The number of H-pyrrole nitrogens is 1. The number of para-hydroxylation sites is 1. The van der Waals surface area contributed by atoms with Crippen LogP contribution in [-0.2, 0) is 23.4 Å². The van der Waals surface area contributed by atoms with Gasteiger partial charge in [0.05, 0.1) is 12.7 Å². The summed E-state index contributed by atoms with van der Waals surface area (Å²) in [5.41, 5.74) is -1.43. The van der Waals surface area contributed by atoms with Gasteiger partial charge in [-0.1, -0.05) is 18.2 Å². The molecule has 6 atom stereocenters. The van der Waals surface area contributed by atoms with E-state index in [2.05, 4.69) is 5.09 Å². The van der Waals surface area contributed by atoms with Gasteiger partial charge in [-0.25, -0.2) is 13.8 Å². The molecule has 0 amide bonds. The number of rotatable bonds is 10. The number of aliphatic hydroxyl groups is 1. The minimum Gasteiger partial charge on any atom is -0.462 e. The predicted octanol–water partition coefficient (Wildman–Crippen LogP) is 1.57. The maximum Gasteiger partial charge on any atom is 0.459 e. The van der Waals surface area contributed by atoms with Gasteiger partial charge < -0.3 is 19.1 Å². The lowest BCUT2D eigenvalue weighted by Gasteiger charge is -2.25. The van der Waals surface area contributed by atoms with Crippen molar-refractivity contribution in [3.63, 3.8) is 0 Å². The van der Waals surface area contributed by atoms with Crippen LogP contribution in [0.2, 0.25) is 0 Å². The van der Waals surface area contributed by atoms with Crippen LogP contribution in [0.4, 0.5) is 4.39 Å². The minimum absolute atomic E-state index is 0.131. The van der Waals surface area contributed by atoms with Gasteiger partial charge in [-0.3, -0.25) is 23.7 Å². The average molecular weight is 529 g/mol. The van der Waals surface area contributed by atoms with Crippen molar-refractivity contribution in [2.45, 2.75) is 64.4 Å². The number of aromatic amines is 1. The molecule has 14 heteroatoms. The Morgan fingerprint density at radius 2 is 1.94 bits per heavy atom. The Kier molecular flexibility index (Phi) is 8.85. The molecule has 12 nitrogen and oxygen atoms in total. The number of aliphatic hydroxyl groups excluding tert-OH is 1. The lowest BCUT2D eigenvalue weighted by molar-refractivity contribution is -0.149. The largest absolute Gasteiger partial charge is 0.462 e. The second-order valence-electron chi connectivity index (χ2n) is 8.51. The smallest absolute Gasteiger partial charge is 0.459 e. The molecule has 1 saturated heterocycles. The van der Waals surface area contributed by atoms with E-state index in [4.69, 9.17) is 18.5 Å². The molecule has 1 aromatic carbocycles. The van der Waals surface area contributed by atoms with Gasteiger partial charge in [0.1, 0.15) is 24.0 Å². The highest BCUT2D eigenvalue weighted by molar-refractivity contribution is 7.52. The quantitative estimate of drug-likeness (QED) is 0.305. The first-order chi connectivity index (χ1) is 16.9. The number of ether oxygens (including phenoxy) is 2. The maximum atomic E-state index is 14.9. The van der Waals surface area contributed by atoms with Crippen LogP contribution in [0.1, 0.15) is 32.6 Å². The fourth-order valence-corrected chi connectivity index (χ4v) is 4.85. The van der Waals surface area contributed by atoms with Gasteiger partial charge in [0, 0.05) is 11.8 Å². The molecule has 0 spiro atoms. The van der Waals surface area contributed by atoms with Gasteiger partial charge in [0.2, 0.25) is 0 Å². The van der Waals surface area contributed by atoms with Crippen LogP contribution in [0, 0.1) is 6.92 Å². The number of hydrogen-bond donors (Lipinski definition) is 3. The third kappa shape index (κ3) is 6.68. The highest BCUT2D eigenvalue weighted by Crippen LogP contribution is 2.46. The highest BCUT2D eigenvalue weighted by atomic mass is 31.2. The third-order valence-corrected chi connectivity index (χ3v) is 6.79. The summed E-state index contributed by atoms with van der Waals surface area (Å²) in [5.74, 6) is -0.554. The summed E-state index contributed by atoms with van der Waals surface area (Å²) in [7, 11) is -4.29. The van der Waals surface area contributed by atoms with Crippen LogP contribution in [-0.4, -0.2) is 57.8 Å². The topological polar surface area (TPSA) is 158 Å². The van der Waals surface area contributed by atoms with Crippen LogP contribution in [0.15, 0.2) is 46.1 Å². The molecule has 3 N–H and O–H groups in total. The lowest BCUT2D eigenvalue weighted by atomic mass is 10.1. The average Bonchev–Trinajstić information content (AvgIpc) is 3.08. The molecule has 0 aliphatic carbocycles. The van der Waals surface area contributed by atoms with Crippen molar-refractivity contribution in [2.24, 2.45) is 0 Å². The van der Waals surface area contributed by atoms with Crippen molar-refractivity contribution in [3.8, 4) is 5.75 Å². The first kappa shape index (κ1) is 27.8. The van der Waals surface area contributed by atoms with Gasteiger partial charge >= 0.3 is 19.4 Å². The fourth-order valence-electron chi connectivity index (χ4n) is 3.35. The van der Waals surface area contributed by atoms with Gasteiger partial charge in [0.25, 0.3) is 5.56 Å². The van der Waals surface area contributed by atoms with Crippen molar-refractivity contribution in [3.05, 3.63) is 62.9 Å². The summed E-state index contributed by atoms with van der Waals surface area (Å²) >= 11 is 0. The van der Waals surface area contributed by atoms with E-state index in [1.165, 1.54) is 26.0 Å². The van der Waals surface area contributed by atoms with Gasteiger partial charge in [0.15, 0.2) is 12.4 Å². The standard InChI is InChI=1S/C22H29FN3O9P/c1-12(2)33-21(29)14(4)25-36(31,35-15-8-6-5-7-9-15)32-11-16-18(27)17(23)20(34-16)26-10-13(3)19(28)24-22(26)30/h5-10,12,14,16-18,20,27H,11H2,1-4H3,(H,25,31)(H,24,28,30)/t14-,16-,17+,18?,20-,36?/m0/s1. The van der Waals surface area contributed by atoms with E-state index < -0.39 is 68.3 Å². The Morgan fingerprint density at radius 3 is 2.58 bits per heavy atom. The number of aryl methyl sites for hydroxylation is 1. The zero-order chi connectivity index (χ0) is 26.6. The molecule has 0 radical (unpaired) electrons. The van der Waals surface area contributed by atoms with Gasteiger partial charge in [-0.05, 0) is 39.8 Å². The molecule has 1 aliphatic heterocycles. The molecule has 198 valence electrons. The number of halogens is 1. The Bertz CT molecular complexity index is 1220. The first-order valence-corrected chi connectivity index (χ1v) is 12.7. The summed E-state index contributed by atoms with van der Waals surface area (Å²) in [6.45, 7) is 5.49. The summed E-state index contributed by atoms with van der Waals surface area (Å²) < 4.78 is 50.7. The Morgan fingerprint density at radius 1 is 1.28 bits per heavy atom. The molecule has 0 bridgehead atoms. The van der Waals surface area contributed by atoms with Gasteiger partial charge in [-0.2, -0.15) is 5.09 Å². The van der Waals surface area contributed by atoms with Crippen LogP contribution < -0.4 is 20.9 Å². The van der Waals surface area contributed by atoms with Crippen LogP contribution in [0.25, 0.3) is 0 Å². The van der Waals surface area contributed by atoms with Crippen molar-refractivity contribution in [2.75, 3.05) is 6.61 Å². The normalized spacial score (nSPS) is 24.3. The summed E-state index contributed by atoms with van der Waals surface area (Å²) in [4.78, 5) is 38.0. The number of hydrogen-bond acceptors (Lipinski definition) is 9. The molecule has 3 rings (SSSR count). The molecule has 0 saturated carbocycles. The van der Waals surface area contributed by atoms with E-state index in [0.717, 1.165) is 10.8 Å². The van der Waals surface area contributed by atoms with Crippen LogP contribution in [0.5, 0.6) is 5.75 Å². The number of alkyl halides is 1. The van der Waals surface area contributed by atoms with Crippen molar-refractivity contribution >= 4 is 13.7 Å². The van der Waals surface area contributed by atoms with E-state index in [0.29, 0.717) is 0 Å². The number of benzene rings is 1. The van der Waals surface area contributed by atoms with E-state index in [-0.39, 0.29) is 11.3 Å². The molecule has 2 aromatic rings. The number of aromatic nitrogens is 2. The Labute approximate surface area is 205 Å². The first-order valence-electron chi connectivity index (χ1n) is 11.2. The molecular formula is C22H29FN3O9P. The SMILES string of the molecule is Cc1cn([C@H]2O[C@@H](COP(=O)(N[C@@H](C)C(=O)OC(C)C)Oc3ccccc3)C(O)[C@H]2F)c(=O)[nH]c1=O. The van der Waals surface area contributed by atoms with Crippen molar-refractivity contribution in [1.29, 1.82) is 0 Å². The zero-order valence-corrected chi connectivity index (χ0v) is 21.0. The molecule has 2 unspecified atom stereocenters. The Balaban J connectivity index is 1.77.